The number of carbonyl (C=O) groups excluding carboxylic acids is 1. The minimum Gasteiger partial charge on any atom is -0.481 e. The lowest BCUT2D eigenvalue weighted by molar-refractivity contribution is -0.133. The summed E-state index contributed by atoms with van der Waals surface area (Å²) < 4.78 is 5.20. The van der Waals surface area contributed by atoms with Crippen molar-refractivity contribution in [2.45, 2.75) is 32.4 Å². The van der Waals surface area contributed by atoms with Crippen molar-refractivity contribution in [3.05, 3.63) is 48.2 Å². The average molecular weight is 340 g/mol. The predicted molar refractivity (Wildman–Crippen MR) is 96.5 cm³/mol. The van der Waals surface area contributed by atoms with E-state index in [1.807, 2.05) is 23.1 Å². The minimum absolute atomic E-state index is 0.130. The van der Waals surface area contributed by atoms with Gasteiger partial charge >= 0.3 is 0 Å². The molecule has 1 unspecified atom stereocenters. The number of carbonyl (C=O) groups is 1. The molecule has 3 rings (SSSR count). The average Bonchev–Trinajstić information content (AvgIpc) is 2.82. The van der Waals surface area contributed by atoms with Crippen LogP contribution in [-0.4, -0.2) is 47.0 Å². The van der Waals surface area contributed by atoms with Gasteiger partial charge in [0.15, 0.2) is 0 Å². The van der Waals surface area contributed by atoms with Crippen molar-refractivity contribution in [3.8, 4) is 5.88 Å². The molecule has 0 aliphatic carbocycles. The van der Waals surface area contributed by atoms with Crippen molar-refractivity contribution in [1.82, 2.24) is 14.9 Å². The zero-order valence-electron chi connectivity index (χ0n) is 14.8. The van der Waals surface area contributed by atoms with Crippen LogP contribution in [0.15, 0.2) is 42.6 Å². The number of hydrogen-bond acceptors (Lipinski definition) is 5. The molecule has 2 aromatic rings. The van der Waals surface area contributed by atoms with Crippen LogP contribution in [0.4, 0.5) is 5.95 Å². The number of amides is 1. The van der Waals surface area contributed by atoms with Crippen LogP contribution >= 0.6 is 0 Å². The maximum Gasteiger partial charge on any atom is 0.228 e. The third-order valence-corrected chi connectivity index (χ3v) is 4.56. The Kier molecular flexibility index (Phi) is 5.48. The van der Waals surface area contributed by atoms with Crippen LogP contribution in [0.5, 0.6) is 5.88 Å². The molecule has 0 radical (unpaired) electrons. The zero-order valence-corrected chi connectivity index (χ0v) is 14.8. The molecule has 1 fully saturated rings. The maximum atomic E-state index is 12.7. The zero-order chi connectivity index (χ0) is 17.6. The molecule has 25 heavy (non-hydrogen) atoms. The first-order valence-electron chi connectivity index (χ1n) is 8.66. The van der Waals surface area contributed by atoms with Crippen LogP contribution < -0.4 is 9.64 Å². The van der Waals surface area contributed by atoms with Crippen LogP contribution in [-0.2, 0) is 11.3 Å². The summed E-state index contributed by atoms with van der Waals surface area (Å²) in [7, 11) is 1.59. The van der Waals surface area contributed by atoms with Crippen LogP contribution in [0.1, 0.15) is 25.3 Å². The summed E-state index contributed by atoms with van der Waals surface area (Å²) in [6, 6.07) is 12.0. The summed E-state index contributed by atoms with van der Waals surface area (Å²) >= 11 is 0. The van der Waals surface area contributed by atoms with Crippen molar-refractivity contribution < 1.29 is 9.53 Å². The fourth-order valence-electron chi connectivity index (χ4n) is 3.15. The molecule has 1 aromatic carbocycles. The van der Waals surface area contributed by atoms with Crippen LogP contribution in [0.3, 0.4) is 0 Å². The van der Waals surface area contributed by atoms with Gasteiger partial charge in [0.25, 0.3) is 0 Å². The Morgan fingerprint density at radius 1 is 1.24 bits per heavy atom. The standard InChI is InChI=1S/C19H24N4O2/c1-3-16-14-22(19-20-11-9-17(21-19)25-2)12-10-18(24)23(16)13-15-7-5-4-6-8-15/h4-9,11,16H,3,10,12-14H2,1-2H3. The van der Waals surface area contributed by atoms with Crippen LogP contribution in [0.25, 0.3) is 0 Å². The fraction of sp³-hybridized carbons (Fsp3) is 0.421. The lowest BCUT2D eigenvalue weighted by atomic mass is 10.1. The molecular weight excluding hydrogens is 316 g/mol. The largest absolute Gasteiger partial charge is 0.481 e. The molecule has 0 N–H and O–H groups in total. The van der Waals surface area contributed by atoms with Crippen molar-refractivity contribution in [2.24, 2.45) is 0 Å². The number of nitrogens with zero attached hydrogens (tertiary/aromatic N) is 4. The topological polar surface area (TPSA) is 58.6 Å². The number of anilines is 1. The Bertz CT molecular complexity index is 708. The maximum absolute atomic E-state index is 12.7. The van der Waals surface area contributed by atoms with E-state index < -0.39 is 0 Å². The molecule has 2 heterocycles. The van der Waals surface area contributed by atoms with E-state index >= 15 is 0 Å². The van der Waals surface area contributed by atoms with Gasteiger partial charge in [-0.25, -0.2) is 4.98 Å². The normalized spacial score (nSPS) is 18.2. The van der Waals surface area contributed by atoms with E-state index in [2.05, 4.69) is 33.9 Å². The number of methoxy groups -OCH3 is 1. The molecule has 1 amide bonds. The van der Waals surface area contributed by atoms with Crippen molar-refractivity contribution in [2.75, 3.05) is 25.1 Å². The van der Waals surface area contributed by atoms with E-state index in [-0.39, 0.29) is 11.9 Å². The first-order chi connectivity index (χ1) is 12.2. The van der Waals surface area contributed by atoms with Crippen molar-refractivity contribution in [1.29, 1.82) is 0 Å². The predicted octanol–water partition coefficient (Wildman–Crippen LogP) is 2.50. The molecule has 1 aliphatic rings. The highest BCUT2D eigenvalue weighted by molar-refractivity contribution is 5.77. The minimum atomic E-state index is 0.130. The van der Waals surface area contributed by atoms with E-state index in [1.165, 1.54) is 0 Å². The van der Waals surface area contributed by atoms with E-state index in [1.54, 1.807) is 19.4 Å². The monoisotopic (exact) mass is 340 g/mol. The smallest absolute Gasteiger partial charge is 0.228 e. The number of rotatable bonds is 5. The summed E-state index contributed by atoms with van der Waals surface area (Å²) in [5, 5.41) is 0. The highest BCUT2D eigenvalue weighted by atomic mass is 16.5. The van der Waals surface area contributed by atoms with Gasteiger partial charge in [-0.05, 0) is 12.0 Å². The number of ether oxygens (including phenoxy) is 1. The summed E-state index contributed by atoms with van der Waals surface area (Å²) in [5.41, 5.74) is 1.15. The molecule has 132 valence electrons. The summed E-state index contributed by atoms with van der Waals surface area (Å²) in [6.45, 7) is 4.10. The second-order valence-electron chi connectivity index (χ2n) is 6.16. The van der Waals surface area contributed by atoms with Gasteiger partial charge in [0.1, 0.15) is 0 Å². The Balaban J connectivity index is 1.80. The lowest BCUT2D eigenvalue weighted by Gasteiger charge is -2.31. The second-order valence-corrected chi connectivity index (χ2v) is 6.16. The number of hydrogen-bond donors (Lipinski definition) is 0. The molecule has 1 atom stereocenters. The van der Waals surface area contributed by atoms with Crippen LogP contribution in [0, 0.1) is 0 Å². The third kappa shape index (κ3) is 4.07. The molecule has 0 spiro atoms. The SMILES string of the molecule is CCC1CN(c2nccc(OC)n2)CCC(=O)N1Cc1ccccc1. The van der Waals surface area contributed by atoms with Gasteiger partial charge in [0.2, 0.25) is 17.7 Å². The molecular formula is C19H24N4O2. The van der Waals surface area contributed by atoms with Gasteiger partial charge in [-0.15, -0.1) is 0 Å². The van der Waals surface area contributed by atoms with Crippen LogP contribution in [0.2, 0.25) is 0 Å². The third-order valence-electron chi connectivity index (χ3n) is 4.56. The molecule has 1 aromatic heterocycles. The summed E-state index contributed by atoms with van der Waals surface area (Å²) in [4.78, 5) is 25.6. The Morgan fingerprint density at radius 2 is 2.04 bits per heavy atom. The molecule has 0 bridgehead atoms. The quantitative estimate of drug-likeness (QED) is 0.837. The Hall–Kier alpha value is -2.63. The Labute approximate surface area is 148 Å². The van der Waals surface area contributed by atoms with Gasteiger partial charge < -0.3 is 14.5 Å². The van der Waals surface area contributed by atoms with Gasteiger partial charge in [0, 0.05) is 44.4 Å². The van der Waals surface area contributed by atoms with Gasteiger partial charge in [-0.3, -0.25) is 4.79 Å². The van der Waals surface area contributed by atoms with Gasteiger partial charge in [0.05, 0.1) is 7.11 Å². The first kappa shape index (κ1) is 17.2. The molecule has 1 aliphatic heterocycles. The summed E-state index contributed by atoms with van der Waals surface area (Å²) in [5.74, 6) is 1.34. The number of benzene rings is 1. The van der Waals surface area contributed by atoms with Crippen molar-refractivity contribution >= 4 is 11.9 Å². The fourth-order valence-corrected chi connectivity index (χ4v) is 3.15. The second kappa shape index (κ2) is 7.96. The molecule has 6 nitrogen and oxygen atoms in total. The van der Waals surface area contributed by atoms with Gasteiger partial charge in [-0.1, -0.05) is 37.3 Å². The van der Waals surface area contributed by atoms with E-state index in [0.29, 0.717) is 31.3 Å². The summed E-state index contributed by atoms with van der Waals surface area (Å²) in [6.07, 6.45) is 3.04. The van der Waals surface area contributed by atoms with E-state index in [4.69, 9.17) is 4.74 Å². The van der Waals surface area contributed by atoms with Gasteiger partial charge in [-0.2, -0.15) is 4.98 Å². The molecule has 0 saturated carbocycles. The molecule has 6 heteroatoms. The lowest BCUT2D eigenvalue weighted by Crippen LogP contribution is -2.42. The number of aromatic nitrogens is 2. The highest BCUT2D eigenvalue weighted by Crippen LogP contribution is 2.21. The molecule has 1 saturated heterocycles. The van der Waals surface area contributed by atoms with E-state index in [9.17, 15) is 4.79 Å². The highest BCUT2D eigenvalue weighted by Gasteiger charge is 2.29. The Morgan fingerprint density at radius 3 is 2.76 bits per heavy atom. The van der Waals surface area contributed by atoms with Crippen molar-refractivity contribution in [3.63, 3.8) is 0 Å². The van der Waals surface area contributed by atoms with E-state index in [0.717, 1.165) is 18.5 Å². The first-order valence-corrected chi connectivity index (χ1v) is 8.66.